The van der Waals surface area contributed by atoms with E-state index < -0.39 is 5.97 Å². The van der Waals surface area contributed by atoms with Crippen LogP contribution < -0.4 is 4.74 Å². The highest BCUT2D eigenvalue weighted by Crippen LogP contribution is 2.32. The van der Waals surface area contributed by atoms with E-state index >= 15 is 0 Å². The number of ether oxygens (including phenoxy) is 1. The second kappa shape index (κ2) is 7.05. The van der Waals surface area contributed by atoms with Crippen LogP contribution in [0, 0.1) is 0 Å². The van der Waals surface area contributed by atoms with E-state index in [4.69, 9.17) is 9.15 Å². The van der Waals surface area contributed by atoms with Gasteiger partial charge in [0.05, 0.1) is 11.1 Å². The van der Waals surface area contributed by atoms with Gasteiger partial charge in [0, 0.05) is 8.95 Å². The lowest BCUT2D eigenvalue weighted by molar-refractivity contribution is 0.0734. The lowest BCUT2D eigenvalue weighted by atomic mass is 10.2. The van der Waals surface area contributed by atoms with Crippen LogP contribution in [0.25, 0.3) is 22.6 Å². The van der Waals surface area contributed by atoms with Crippen LogP contribution >= 0.6 is 31.9 Å². The number of hydrogen-bond donors (Lipinski definition) is 0. The maximum Gasteiger partial charge on any atom is 0.344 e. The van der Waals surface area contributed by atoms with Crippen LogP contribution in [-0.4, -0.2) is 11.0 Å². The van der Waals surface area contributed by atoms with Gasteiger partial charge in [0.25, 0.3) is 0 Å². The number of carbonyl (C=O) groups is 1. The highest BCUT2D eigenvalue weighted by atomic mass is 79.9. The SMILES string of the molecule is O=C(Oc1ccccc1-c1nc2ccccc2o1)c1cc(Br)ccc1Br. The fraction of sp³-hybridized carbons (Fsp3) is 0. The van der Waals surface area contributed by atoms with E-state index in [0.29, 0.717) is 32.8 Å². The molecule has 0 unspecified atom stereocenters. The molecule has 0 bridgehead atoms. The van der Waals surface area contributed by atoms with E-state index in [9.17, 15) is 4.79 Å². The maximum atomic E-state index is 12.6. The number of oxazole rings is 1. The van der Waals surface area contributed by atoms with Crippen LogP contribution in [0.4, 0.5) is 0 Å². The van der Waals surface area contributed by atoms with Gasteiger partial charge in [0.15, 0.2) is 5.58 Å². The van der Waals surface area contributed by atoms with Crippen molar-refractivity contribution in [3.05, 3.63) is 81.2 Å². The molecule has 0 radical (unpaired) electrons. The van der Waals surface area contributed by atoms with Gasteiger partial charge >= 0.3 is 5.97 Å². The molecular formula is C20H11Br2NO3. The summed E-state index contributed by atoms with van der Waals surface area (Å²) in [5, 5.41) is 0. The predicted octanol–water partition coefficient (Wildman–Crippen LogP) is 6.24. The Kier molecular flexibility index (Phi) is 4.61. The van der Waals surface area contributed by atoms with Gasteiger partial charge in [-0.15, -0.1) is 0 Å². The Balaban J connectivity index is 1.72. The zero-order valence-corrected chi connectivity index (χ0v) is 16.5. The van der Waals surface area contributed by atoms with E-state index in [1.165, 1.54) is 0 Å². The van der Waals surface area contributed by atoms with Crippen molar-refractivity contribution in [1.82, 2.24) is 4.98 Å². The Labute approximate surface area is 166 Å². The Bertz CT molecular complexity index is 1090. The van der Waals surface area contributed by atoms with Gasteiger partial charge in [0.1, 0.15) is 11.3 Å². The van der Waals surface area contributed by atoms with Crippen molar-refractivity contribution in [3.63, 3.8) is 0 Å². The molecule has 128 valence electrons. The summed E-state index contributed by atoms with van der Waals surface area (Å²) in [6, 6.07) is 20.0. The number of nitrogens with zero attached hydrogens (tertiary/aromatic N) is 1. The number of halogens is 2. The topological polar surface area (TPSA) is 52.3 Å². The molecule has 26 heavy (non-hydrogen) atoms. The minimum atomic E-state index is -0.471. The number of para-hydroxylation sites is 3. The molecule has 4 aromatic rings. The molecule has 0 aliphatic carbocycles. The quantitative estimate of drug-likeness (QED) is 0.261. The smallest absolute Gasteiger partial charge is 0.344 e. The summed E-state index contributed by atoms with van der Waals surface area (Å²) in [7, 11) is 0. The molecule has 0 aliphatic rings. The Morgan fingerprint density at radius 1 is 0.962 bits per heavy atom. The van der Waals surface area contributed by atoms with Crippen LogP contribution in [-0.2, 0) is 0 Å². The van der Waals surface area contributed by atoms with Crippen molar-refractivity contribution in [3.8, 4) is 17.2 Å². The molecule has 0 saturated carbocycles. The van der Waals surface area contributed by atoms with Gasteiger partial charge in [-0.2, -0.15) is 0 Å². The highest BCUT2D eigenvalue weighted by molar-refractivity contribution is 9.11. The second-order valence-corrected chi connectivity index (χ2v) is 7.27. The number of rotatable bonds is 3. The first-order valence-corrected chi connectivity index (χ1v) is 9.32. The fourth-order valence-electron chi connectivity index (χ4n) is 2.53. The molecule has 4 nitrogen and oxygen atoms in total. The summed E-state index contributed by atoms with van der Waals surface area (Å²) in [6.45, 7) is 0. The van der Waals surface area contributed by atoms with Gasteiger partial charge in [-0.05, 0) is 58.4 Å². The van der Waals surface area contributed by atoms with Gasteiger partial charge < -0.3 is 9.15 Å². The van der Waals surface area contributed by atoms with Crippen LogP contribution in [0.2, 0.25) is 0 Å². The summed E-state index contributed by atoms with van der Waals surface area (Å²) >= 11 is 6.75. The molecule has 3 aromatic carbocycles. The van der Waals surface area contributed by atoms with Gasteiger partial charge in [-0.1, -0.05) is 40.2 Å². The summed E-state index contributed by atoms with van der Waals surface area (Å²) in [5.41, 5.74) is 2.46. The van der Waals surface area contributed by atoms with Gasteiger partial charge in [-0.25, -0.2) is 9.78 Å². The zero-order chi connectivity index (χ0) is 18.1. The minimum Gasteiger partial charge on any atom is -0.436 e. The third kappa shape index (κ3) is 3.30. The lowest BCUT2D eigenvalue weighted by Crippen LogP contribution is -2.10. The van der Waals surface area contributed by atoms with Crippen molar-refractivity contribution in [2.24, 2.45) is 0 Å². The summed E-state index contributed by atoms with van der Waals surface area (Å²) < 4.78 is 12.9. The lowest BCUT2D eigenvalue weighted by Gasteiger charge is -2.09. The first kappa shape index (κ1) is 17.0. The number of fused-ring (bicyclic) bond motifs is 1. The Morgan fingerprint density at radius 3 is 2.58 bits per heavy atom. The fourth-order valence-corrected chi connectivity index (χ4v) is 3.30. The van der Waals surface area contributed by atoms with Crippen LogP contribution in [0.5, 0.6) is 5.75 Å². The van der Waals surface area contributed by atoms with Gasteiger partial charge in [0.2, 0.25) is 5.89 Å². The van der Waals surface area contributed by atoms with Crippen LogP contribution in [0.15, 0.2) is 80.1 Å². The van der Waals surface area contributed by atoms with E-state index in [2.05, 4.69) is 36.8 Å². The molecule has 0 spiro atoms. The summed E-state index contributed by atoms with van der Waals surface area (Å²) in [5.74, 6) is 0.320. The van der Waals surface area contributed by atoms with Crippen LogP contribution in [0.3, 0.4) is 0 Å². The first-order valence-electron chi connectivity index (χ1n) is 7.74. The minimum absolute atomic E-state index is 0.385. The summed E-state index contributed by atoms with van der Waals surface area (Å²) in [6.07, 6.45) is 0. The first-order chi connectivity index (χ1) is 12.6. The van der Waals surface area contributed by atoms with Crippen molar-refractivity contribution < 1.29 is 13.9 Å². The average molecular weight is 473 g/mol. The van der Waals surface area contributed by atoms with E-state index in [-0.39, 0.29) is 0 Å². The molecule has 0 atom stereocenters. The average Bonchev–Trinajstić information content (AvgIpc) is 3.08. The zero-order valence-electron chi connectivity index (χ0n) is 13.3. The molecule has 0 amide bonds. The molecule has 6 heteroatoms. The molecule has 0 saturated heterocycles. The van der Waals surface area contributed by atoms with Crippen molar-refractivity contribution in [2.45, 2.75) is 0 Å². The third-order valence-corrected chi connectivity index (χ3v) is 4.95. The number of hydrogen-bond acceptors (Lipinski definition) is 4. The van der Waals surface area contributed by atoms with Crippen molar-refractivity contribution >= 4 is 48.9 Å². The molecular weight excluding hydrogens is 462 g/mol. The molecule has 1 heterocycles. The Hall–Kier alpha value is -2.44. The standard InChI is InChI=1S/C20H11Br2NO3/c21-12-9-10-15(22)14(11-12)20(24)26-17-7-3-1-5-13(17)19-23-16-6-2-4-8-18(16)25-19/h1-11H. The van der Waals surface area contributed by atoms with Gasteiger partial charge in [-0.3, -0.25) is 0 Å². The highest BCUT2D eigenvalue weighted by Gasteiger charge is 2.18. The monoisotopic (exact) mass is 471 g/mol. The molecule has 1 aromatic heterocycles. The molecule has 0 N–H and O–H groups in total. The number of benzene rings is 3. The molecule has 0 fully saturated rings. The van der Waals surface area contributed by atoms with E-state index in [1.54, 1.807) is 24.3 Å². The molecule has 4 rings (SSSR count). The normalized spacial score (nSPS) is 10.8. The molecule has 0 aliphatic heterocycles. The number of esters is 1. The maximum absolute atomic E-state index is 12.6. The third-order valence-electron chi connectivity index (χ3n) is 3.76. The second-order valence-electron chi connectivity index (χ2n) is 5.50. The Morgan fingerprint density at radius 2 is 1.73 bits per heavy atom. The summed E-state index contributed by atoms with van der Waals surface area (Å²) in [4.78, 5) is 17.1. The predicted molar refractivity (Wildman–Crippen MR) is 106 cm³/mol. The number of carbonyl (C=O) groups excluding carboxylic acids is 1. The van der Waals surface area contributed by atoms with E-state index in [0.717, 1.165) is 9.99 Å². The van der Waals surface area contributed by atoms with E-state index in [1.807, 2.05) is 42.5 Å². The van der Waals surface area contributed by atoms with Crippen molar-refractivity contribution in [2.75, 3.05) is 0 Å². The van der Waals surface area contributed by atoms with Crippen LogP contribution in [0.1, 0.15) is 10.4 Å². The number of aromatic nitrogens is 1. The largest absolute Gasteiger partial charge is 0.436 e. The van der Waals surface area contributed by atoms with Crippen molar-refractivity contribution in [1.29, 1.82) is 0 Å².